The van der Waals surface area contributed by atoms with Crippen molar-refractivity contribution in [3.63, 3.8) is 0 Å². The summed E-state index contributed by atoms with van der Waals surface area (Å²) in [5.41, 5.74) is 0.760. The summed E-state index contributed by atoms with van der Waals surface area (Å²) in [6.07, 6.45) is 2.80. The van der Waals surface area contributed by atoms with E-state index in [-0.39, 0.29) is 29.6 Å². The Hall–Kier alpha value is -3.09. The molecule has 9 nitrogen and oxygen atoms in total. The summed E-state index contributed by atoms with van der Waals surface area (Å²) < 4.78 is 23.7. The molecule has 0 radical (unpaired) electrons. The minimum absolute atomic E-state index is 0.00130. The highest BCUT2D eigenvalue weighted by Crippen LogP contribution is 2.40. The van der Waals surface area contributed by atoms with Crippen LogP contribution in [0.3, 0.4) is 0 Å². The Labute approximate surface area is 202 Å². The average Bonchev–Trinajstić information content (AvgIpc) is 3.53. The smallest absolute Gasteiger partial charge is 0.410 e. The highest BCUT2D eigenvalue weighted by molar-refractivity contribution is 6.32. The molecule has 3 heterocycles. The first-order valence-corrected chi connectivity index (χ1v) is 11.6. The number of rotatable bonds is 5. The predicted octanol–water partition coefficient (Wildman–Crippen LogP) is 4.80. The van der Waals surface area contributed by atoms with E-state index in [1.807, 2.05) is 13.8 Å². The highest BCUT2D eigenvalue weighted by atomic mass is 35.5. The molecule has 2 atom stereocenters. The van der Waals surface area contributed by atoms with E-state index in [4.69, 9.17) is 37.1 Å². The fourth-order valence-electron chi connectivity index (χ4n) is 4.31. The van der Waals surface area contributed by atoms with Gasteiger partial charge in [0, 0.05) is 24.9 Å². The van der Waals surface area contributed by atoms with Crippen LogP contribution in [0.2, 0.25) is 5.02 Å². The van der Waals surface area contributed by atoms with Crippen LogP contribution in [0.1, 0.15) is 25.3 Å². The SMILES string of the molecule is [C-]#[N+]c1ccc(Oc2ncnc(OC3C4COCC3CN(C(=O)OC3(C)CC3)C4)c2C)c(Cl)c1. The van der Waals surface area contributed by atoms with Gasteiger partial charge in [0.25, 0.3) is 0 Å². The van der Waals surface area contributed by atoms with Gasteiger partial charge in [-0.15, -0.1) is 0 Å². The normalized spacial score (nSPS) is 24.6. The summed E-state index contributed by atoms with van der Waals surface area (Å²) in [6.45, 7) is 12.9. The molecule has 178 valence electrons. The molecule has 0 spiro atoms. The Morgan fingerprint density at radius 2 is 1.94 bits per heavy atom. The lowest BCUT2D eigenvalue weighted by Gasteiger charge is -2.46. The molecule has 2 aromatic rings. The quantitative estimate of drug-likeness (QED) is 0.563. The molecule has 2 aliphatic heterocycles. The van der Waals surface area contributed by atoms with Gasteiger partial charge in [-0.05, 0) is 38.8 Å². The second-order valence-electron chi connectivity index (χ2n) is 9.30. The van der Waals surface area contributed by atoms with Gasteiger partial charge in [-0.3, -0.25) is 0 Å². The van der Waals surface area contributed by atoms with Crippen LogP contribution in [0, 0.1) is 25.3 Å². The number of benzene rings is 1. The number of carbonyl (C=O) groups is 1. The minimum atomic E-state index is -0.302. The number of nitrogens with zero attached hydrogens (tertiary/aromatic N) is 4. The second kappa shape index (κ2) is 8.93. The number of hydrogen-bond donors (Lipinski definition) is 0. The van der Waals surface area contributed by atoms with Crippen LogP contribution >= 0.6 is 11.6 Å². The molecule has 3 aliphatic rings. The van der Waals surface area contributed by atoms with Gasteiger partial charge in [0.1, 0.15) is 23.8 Å². The van der Waals surface area contributed by atoms with E-state index in [0.717, 1.165) is 12.8 Å². The van der Waals surface area contributed by atoms with Crippen LogP contribution in [-0.4, -0.2) is 59.0 Å². The molecule has 1 aliphatic carbocycles. The van der Waals surface area contributed by atoms with Crippen LogP contribution in [0.4, 0.5) is 10.5 Å². The minimum Gasteiger partial charge on any atom is -0.473 e. The fraction of sp³-hybridized carbons (Fsp3) is 0.500. The van der Waals surface area contributed by atoms with E-state index < -0.39 is 0 Å². The van der Waals surface area contributed by atoms with Gasteiger partial charge < -0.3 is 23.8 Å². The molecule has 2 unspecified atom stereocenters. The molecular formula is C24H25ClN4O5. The summed E-state index contributed by atoms with van der Waals surface area (Å²) >= 11 is 6.25. The third kappa shape index (κ3) is 4.61. The van der Waals surface area contributed by atoms with Crippen molar-refractivity contribution in [1.82, 2.24) is 14.9 Å². The number of hydrogen-bond acceptors (Lipinski definition) is 7. The Kier molecular flexibility index (Phi) is 5.96. The van der Waals surface area contributed by atoms with E-state index in [1.54, 1.807) is 23.1 Å². The molecule has 0 N–H and O–H groups in total. The zero-order valence-electron chi connectivity index (χ0n) is 19.0. The summed E-state index contributed by atoms with van der Waals surface area (Å²) in [5, 5.41) is 0.319. The lowest BCUT2D eigenvalue weighted by molar-refractivity contribution is -0.112. The fourth-order valence-corrected chi connectivity index (χ4v) is 4.52. The summed E-state index contributed by atoms with van der Waals surface area (Å²) in [6, 6.07) is 4.81. The van der Waals surface area contributed by atoms with Crippen molar-refractivity contribution in [2.24, 2.45) is 11.8 Å². The molecule has 2 bridgehead atoms. The Balaban J connectivity index is 1.30. The molecule has 34 heavy (non-hydrogen) atoms. The number of piperidine rings is 1. The van der Waals surface area contributed by atoms with Crippen molar-refractivity contribution < 1.29 is 23.7 Å². The topological polar surface area (TPSA) is 87.4 Å². The third-order valence-corrected chi connectivity index (χ3v) is 6.83. The standard InChI is InChI=1S/C24H25ClN4O5/c1-14-21(32-19-5-4-17(26-3)8-18(19)25)27-13-28-22(14)33-20-15-9-29(10-16(20)12-31-11-15)23(30)34-24(2)6-7-24/h4-5,8,13,15-16,20H,6-7,9-12H2,1-2H3. The van der Waals surface area contributed by atoms with E-state index in [2.05, 4.69) is 14.8 Å². The van der Waals surface area contributed by atoms with E-state index in [1.165, 1.54) is 6.33 Å². The molecular weight excluding hydrogens is 460 g/mol. The van der Waals surface area contributed by atoms with Crippen molar-refractivity contribution >= 4 is 23.4 Å². The van der Waals surface area contributed by atoms with Crippen molar-refractivity contribution in [2.45, 2.75) is 38.4 Å². The first kappa shape index (κ1) is 22.7. The van der Waals surface area contributed by atoms with Gasteiger partial charge in [-0.2, -0.15) is 0 Å². The van der Waals surface area contributed by atoms with Gasteiger partial charge in [0.05, 0.1) is 30.4 Å². The van der Waals surface area contributed by atoms with Gasteiger partial charge in [0.15, 0.2) is 5.69 Å². The number of aromatic nitrogens is 2. The lowest BCUT2D eigenvalue weighted by Crippen LogP contribution is -2.59. The van der Waals surface area contributed by atoms with Crippen LogP contribution in [0.15, 0.2) is 24.5 Å². The zero-order chi connectivity index (χ0) is 23.9. The third-order valence-electron chi connectivity index (χ3n) is 6.54. The Bertz CT molecular complexity index is 1130. The maximum absolute atomic E-state index is 12.6. The monoisotopic (exact) mass is 484 g/mol. The van der Waals surface area contributed by atoms with Gasteiger partial charge >= 0.3 is 6.09 Å². The van der Waals surface area contributed by atoms with Gasteiger partial charge in [-0.1, -0.05) is 17.7 Å². The Morgan fingerprint density at radius 1 is 1.24 bits per heavy atom. The molecule has 1 aromatic heterocycles. The van der Waals surface area contributed by atoms with E-state index >= 15 is 0 Å². The van der Waals surface area contributed by atoms with E-state index in [0.29, 0.717) is 60.1 Å². The first-order valence-electron chi connectivity index (χ1n) is 11.2. The molecule has 1 amide bonds. The first-order chi connectivity index (χ1) is 16.3. The van der Waals surface area contributed by atoms with Crippen LogP contribution in [0.5, 0.6) is 17.5 Å². The molecule has 5 rings (SSSR count). The number of carbonyl (C=O) groups excluding carboxylic acids is 1. The summed E-state index contributed by atoms with van der Waals surface area (Å²) in [7, 11) is 0. The molecule has 10 heteroatoms. The van der Waals surface area contributed by atoms with Crippen molar-refractivity contribution in [3.05, 3.63) is 46.5 Å². The maximum Gasteiger partial charge on any atom is 0.410 e. The summed E-state index contributed by atoms with van der Waals surface area (Å²) in [4.78, 5) is 26.3. The van der Waals surface area contributed by atoms with Crippen molar-refractivity contribution in [3.8, 4) is 17.5 Å². The summed E-state index contributed by atoms with van der Waals surface area (Å²) in [5.74, 6) is 1.14. The highest BCUT2D eigenvalue weighted by Gasteiger charge is 2.47. The number of ether oxygens (including phenoxy) is 4. The van der Waals surface area contributed by atoms with Crippen LogP contribution < -0.4 is 9.47 Å². The van der Waals surface area contributed by atoms with Gasteiger partial charge in [0.2, 0.25) is 11.8 Å². The molecule has 2 saturated heterocycles. The second-order valence-corrected chi connectivity index (χ2v) is 9.71. The van der Waals surface area contributed by atoms with E-state index in [9.17, 15) is 4.79 Å². The van der Waals surface area contributed by atoms with Crippen LogP contribution in [-0.2, 0) is 9.47 Å². The predicted molar refractivity (Wildman–Crippen MR) is 122 cm³/mol. The Morgan fingerprint density at radius 3 is 2.59 bits per heavy atom. The van der Waals surface area contributed by atoms with Gasteiger partial charge in [-0.25, -0.2) is 19.6 Å². The maximum atomic E-state index is 12.6. The molecule has 1 aromatic carbocycles. The molecule has 1 saturated carbocycles. The average molecular weight is 485 g/mol. The number of likely N-dealkylation sites (tertiary alicyclic amines) is 1. The zero-order valence-corrected chi connectivity index (χ0v) is 19.7. The molecule has 3 fully saturated rings. The lowest BCUT2D eigenvalue weighted by atomic mass is 9.84. The number of fused-ring (bicyclic) bond motifs is 2. The van der Waals surface area contributed by atoms with Crippen LogP contribution in [0.25, 0.3) is 4.85 Å². The van der Waals surface area contributed by atoms with Crippen molar-refractivity contribution in [1.29, 1.82) is 0 Å². The van der Waals surface area contributed by atoms with Crippen molar-refractivity contribution in [2.75, 3.05) is 26.3 Å². The number of halogens is 1. The largest absolute Gasteiger partial charge is 0.473 e. The number of amides is 1.